The fourth-order valence-corrected chi connectivity index (χ4v) is 4.15. The lowest BCUT2D eigenvalue weighted by Gasteiger charge is -2.12. The molecule has 0 bridgehead atoms. The Morgan fingerprint density at radius 3 is 1.85 bits per heavy atom. The van der Waals surface area contributed by atoms with Crippen LogP contribution in [-0.2, 0) is 6.54 Å². The highest BCUT2D eigenvalue weighted by Gasteiger charge is 2.11. The van der Waals surface area contributed by atoms with Gasteiger partial charge in [-0.3, -0.25) is 0 Å². The van der Waals surface area contributed by atoms with Crippen LogP contribution in [0.3, 0.4) is 0 Å². The fraction of sp³-hybridized carbons (Fsp3) is 0.0769. The molecule has 20 heavy (non-hydrogen) atoms. The molecule has 0 saturated heterocycles. The molecule has 0 spiro atoms. The number of halogens is 6. The van der Waals surface area contributed by atoms with Crippen LogP contribution in [0.2, 0.25) is 0 Å². The van der Waals surface area contributed by atoms with Crippen molar-refractivity contribution in [1.82, 2.24) is 0 Å². The van der Waals surface area contributed by atoms with Gasteiger partial charge in [0.15, 0.2) is 17.5 Å². The molecule has 0 aliphatic rings. The highest BCUT2D eigenvalue weighted by Crippen LogP contribution is 2.34. The lowest BCUT2D eigenvalue weighted by atomic mass is 10.2. The van der Waals surface area contributed by atoms with Crippen molar-refractivity contribution in [1.29, 1.82) is 0 Å². The predicted molar refractivity (Wildman–Crippen MR) is 83.2 cm³/mol. The van der Waals surface area contributed by atoms with E-state index < -0.39 is 17.5 Å². The highest BCUT2D eigenvalue weighted by atomic mass is 79.9. The van der Waals surface area contributed by atoms with Gasteiger partial charge < -0.3 is 5.32 Å². The maximum atomic E-state index is 13.1. The Kier molecular flexibility index (Phi) is 5.14. The van der Waals surface area contributed by atoms with Gasteiger partial charge in [-0.1, -0.05) is 15.9 Å². The van der Waals surface area contributed by atoms with Crippen molar-refractivity contribution in [2.75, 3.05) is 5.32 Å². The molecule has 0 saturated carbocycles. The minimum Gasteiger partial charge on any atom is -0.379 e. The van der Waals surface area contributed by atoms with Crippen molar-refractivity contribution in [3.8, 4) is 0 Å². The third kappa shape index (κ3) is 3.56. The summed E-state index contributed by atoms with van der Waals surface area (Å²) in [5, 5.41) is 3.03. The van der Waals surface area contributed by atoms with Gasteiger partial charge in [0.25, 0.3) is 0 Å². The molecule has 106 valence electrons. The molecule has 1 N–H and O–H groups in total. The van der Waals surface area contributed by atoms with Gasteiger partial charge in [0.05, 0.1) is 5.69 Å². The summed E-state index contributed by atoms with van der Waals surface area (Å²) in [6.45, 7) is 0.160. The topological polar surface area (TPSA) is 12.0 Å². The molecular formula is C13H7Br3F3N. The van der Waals surface area contributed by atoms with Crippen molar-refractivity contribution in [3.63, 3.8) is 0 Å². The zero-order valence-electron chi connectivity index (χ0n) is 9.78. The van der Waals surface area contributed by atoms with E-state index in [4.69, 9.17) is 0 Å². The molecule has 0 atom stereocenters. The zero-order chi connectivity index (χ0) is 14.9. The molecule has 0 amide bonds. The maximum absolute atomic E-state index is 13.1. The molecule has 0 aliphatic carbocycles. The summed E-state index contributed by atoms with van der Waals surface area (Å²) in [5.74, 6) is -3.86. The number of benzene rings is 2. The molecule has 2 aromatic carbocycles. The number of hydrogen-bond acceptors (Lipinski definition) is 1. The van der Waals surface area contributed by atoms with Crippen molar-refractivity contribution in [3.05, 3.63) is 60.7 Å². The Hall–Kier alpha value is -0.530. The molecule has 2 aromatic rings. The normalized spacial score (nSPS) is 10.7. The summed E-state index contributed by atoms with van der Waals surface area (Å²) in [6, 6.07) is 5.59. The summed E-state index contributed by atoms with van der Waals surface area (Å²) in [4.78, 5) is 0. The van der Waals surface area contributed by atoms with Crippen LogP contribution >= 0.6 is 47.8 Å². The van der Waals surface area contributed by atoms with Crippen LogP contribution in [0, 0.1) is 17.5 Å². The van der Waals surface area contributed by atoms with Crippen molar-refractivity contribution < 1.29 is 13.2 Å². The molecule has 0 fully saturated rings. The van der Waals surface area contributed by atoms with Crippen LogP contribution in [0.15, 0.2) is 37.7 Å². The second-order valence-corrected chi connectivity index (χ2v) is 6.60. The second-order valence-electron chi connectivity index (χ2n) is 3.97. The molecule has 0 heterocycles. The van der Waals surface area contributed by atoms with Gasteiger partial charge in [0.2, 0.25) is 0 Å². The molecule has 2 rings (SSSR count). The van der Waals surface area contributed by atoms with Gasteiger partial charge >= 0.3 is 0 Å². The van der Waals surface area contributed by atoms with Crippen LogP contribution in [-0.4, -0.2) is 0 Å². The van der Waals surface area contributed by atoms with Gasteiger partial charge in [-0.25, -0.2) is 13.2 Å². The van der Waals surface area contributed by atoms with E-state index in [9.17, 15) is 13.2 Å². The quantitative estimate of drug-likeness (QED) is 0.539. The lowest BCUT2D eigenvalue weighted by molar-refractivity contribution is 0.445. The van der Waals surface area contributed by atoms with E-state index in [2.05, 4.69) is 53.1 Å². The molecule has 1 nitrogen and oxygen atoms in total. The average Bonchev–Trinajstić information content (AvgIpc) is 2.34. The van der Waals surface area contributed by atoms with Crippen LogP contribution in [0.4, 0.5) is 18.9 Å². The van der Waals surface area contributed by atoms with Gasteiger partial charge in [0.1, 0.15) is 0 Å². The first kappa shape index (κ1) is 15.9. The summed E-state index contributed by atoms with van der Waals surface area (Å²) in [7, 11) is 0. The highest BCUT2D eigenvalue weighted by molar-refractivity contribution is 9.11. The van der Waals surface area contributed by atoms with Crippen molar-refractivity contribution in [2.45, 2.75) is 6.54 Å². The number of hydrogen-bond donors (Lipinski definition) is 1. The summed E-state index contributed by atoms with van der Waals surface area (Å²) in [5.41, 5.74) is 1.04. The van der Waals surface area contributed by atoms with Gasteiger partial charge in [-0.15, -0.1) is 0 Å². The minimum absolute atomic E-state index is 0.160. The first-order valence-electron chi connectivity index (χ1n) is 5.40. The van der Waals surface area contributed by atoms with E-state index in [1.54, 1.807) is 0 Å². The molecule has 0 aromatic heterocycles. The monoisotopic (exact) mass is 471 g/mol. The molecule has 7 heteroatoms. The lowest BCUT2D eigenvalue weighted by Crippen LogP contribution is -2.03. The van der Waals surface area contributed by atoms with Crippen molar-refractivity contribution >= 4 is 53.5 Å². The van der Waals surface area contributed by atoms with Crippen LogP contribution in [0.25, 0.3) is 0 Å². The van der Waals surface area contributed by atoms with E-state index >= 15 is 0 Å². The maximum Gasteiger partial charge on any atom is 0.194 e. The first-order valence-corrected chi connectivity index (χ1v) is 7.78. The summed E-state index contributed by atoms with van der Waals surface area (Å²) in [6.07, 6.45) is 0. The SMILES string of the molecule is Fc1cc(CNc2c(Br)cc(Br)cc2Br)cc(F)c1F. The zero-order valence-corrected chi connectivity index (χ0v) is 14.5. The van der Waals surface area contributed by atoms with E-state index in [-0.39, 0.29) is 6.54 Å². The Balaban J connectivity index is 2.21. The smallest absolute Gasteiger partial charge is 0.194 e. The summed E-state index contributed by atoms with van der Waals surface area (Å²) >= 11 is 10.1. The molecule has 0 radical (unpaired) electrons. The third-order valence-corrected chi connectivity index (χ3v) is 4.23. The molecule has 0 aliphatic heterocycles. The molecule has 0 unspecified atom stereocenters. The van der Waals surface area contributed by atoms with Gasteiger partial charge in [-0.05, 0) is 61.7 Å². The van der Waals surface area contributed by atoms with Crippen LogP contribution in [0.5, 0.6) is 0 Å². The third-order valence-electron chi connectivity index (χ3n) is 2.52. The standard InChI is InChI=1S/C13H7Br3F3N/c14-7-3-8(15)13(9(16)4-7)20-5-6-1-10(17)12(19)11(18)2-6/h1-4,20H,5H2. The Bertz CT molecular complexity index is 615. The van der Waals surface area contributed by atoms with Gasteiger partial charge in [-0.2, -0.15) is 0 Å². The van der Waals surface area contributed by atoms with E-state index in [0.717, 1.165) is 31.2 Å². The minimum atomic E-state index is -1.46. The predicted octanol–water partition coefficient (Wildman–Crippen LogP) is 6.00. The fourth-order valence-electron chi connectivity index (χ4n) is 1.61. The number of anilines is 1. The van der Waals surface area contributed by atoms with Crippen molar-refractivity contribution in [2.24, 2.45) is 0 Å². The van der Waals surface area contributed by atoms with Crippen LogP contribution < -0.4 is 5.32 Å². The molecular weight excluding hydrogens is 467 g/mol. The van der Waals surface area contributed by atoms with Gasteiger partial charge in [0, 0.05) is 20.0 Å². The van der Waals surface area contributed by atoms with E-state index in [1.807, 2.05) is 12.1 Å². The number of rotatable bonds is 3. The van der Waals surface area contributed by atoms with E-state index in [0.29, 0.717) is 5.56 Å². The largest absolute Gasteiger partial charge is 0.379 e. The Morgan fingerprint density at radius 1 is 0.850 bits per heavy atom. The van der Waals surface area contributed by atoms with E-state index in [1.165, 1.54) is 0 Å². The Labute approximate surface area is 139 Å². The first-order chi connectivity index (χ1) is 9.38. The Morgan fingerprint density at radius 2 is 1.35 bits per heavy atom. The van der Waals surface area contributed by atoms with Crippen LogP contribution in [0.1, 0.15) is 5.56 Å². The number of nitrogens with one attached hydrogen (secondary N) is 1. The summed E-state index contributed by atoms with van der Waals surface area (Å²) < 4.78 is 41.5. The second kappa shape index (κ2) is 6.49. The average molecular weight is 474 g/mol.